The first-order chi connectivity index (χ1) is 49.7. The van der Waals surface area contributed by atoms with E-state index in [0.29, 0.717) is 31.6 Å². The first-order valence-corrected chi connectivity index (χ1v) is 46.3. The van der Waals surface area contributed by atoms with Gasteiger partial charge in [-0.3, -0.25) is 37.3 Å². The maximum absolute atomic E-state index is 13.1. The molecule has 0 aliphatic heterocycles. The summed E-state index contributed by atoms with van der Waals surface area (Å²) in [6.45, 7) is 11.9. The van der Waals surface area contributed by atoms with E-state index in [1.165, 1.54) is 244 Å². The van der Waals surface area contributed by atoms with Gasteiger partial charge < -0.3 is 33.8 Å². The molecule has 17 nitrogen and oxygen atoms in total. The summed E-state index contributed by atoms with van der Waals surface area (Å²) in [6.07, 6.45) is 64.1. The lowest BCUT2D eigenvalue weighted by atomic mass is 10.0. The molecule has 0 heterocycles. The quantitative estimate of drug-likeness (QED) is 0.0222. The van der Waals surface area contributed by atoms with E-state index >= 15 is 0 Å². The molecule has 0 saturated carbocycles. The van der Waals surface area contributed by atoms with Gasteiger partial charge in [-0.2, -0.15) is 0 Å². The molecule has 2 unspecified atom stereocenters. The number of esters is 4. The molecule has 5 atom stereocenters. The molecule has 0 aliphatic carbocycles. The zero-order valence-electron chi connectivity index (χ0n) is 67.8. The van der Waals surface area contributed by atoms with Gasteiger partial charge in [-0.15, -0.1) is 0 Å². The van der Waals surface area contributed by atoms with Crippen molar-refractivity contribution in [3.05, 3.63) is 0 Å². The molecule has 0 amide bonds. The Morgan fingerprint density at radius 1 is 0.262 bits per heavy atom. The summed E-state index contributed by atoms with van der Waals surface area (Å²) >= 11 is 0. The number of phosphoric ester groups is 2. The van der Waals surface area contributed by atoms with Crippen LogP contribution in [0.4, 0.5) is 0 Å². The third-order valence-electron chi connectivity index (χ3n) is 19.6. The normalized spacial score (nSPS) is 13.9. The lowest BCUT2D eigenvalue weighted by molar-refractivity contribution is -0.161. The van der Waals surface area contributed by atoms with E-state index in [1.807, 2.05) is 0 Å². The van der Waals surface area contributed by atoms with Gasteiger partial charge in [0.2, 0.25) is 0 Å². The van der Waals surface area contributed by atoms with Crippen LogP contribution in [-0.2, 0) is 65.4 Å². The summed E-state index contributed by atoms with van der Waals surface area (Å²) in [5.41, 5.74) is 0. The molecule has 0 aromatic heterocycles. The first-order valence-electron chi connectivity index (χ1n) is 43.3. The average Bonchev–Trinajstić information content (AvgIpc) is 0.923. The molecule has 0 aromatic carbocycles. The average molecular weight is 1510 g/mol. The van der Waals surface area contributed by atoms with Gasteiger partial charge in [-0.1, -0.05) is 389 Å². The second-order valence-electron chi connectivity index (χ2n) is 31.6. The Morgan fingerprint density at radius 2 is 0.447 bits per heavy atom. The van der Waals surface area contributed by atoms with Crippen molar-refractivity contribution >= 4 is 39.5 Å². The number of aliphatic hydroxyl groups excluding tert-OH is 1. The summed E-state index contributed by atoms with van der Waals surface area (Å²) in [5, 5.41) is 10.7. The third-order valence-corrected chi connectivity index (χ3v) is 21.5. The molecule has 0 aromatic rings. The Bertz CT molecular complexity index is 1990. The van der Waals surface area contributed by atoms with E-state index < -0.39 is 97.5 Å². The molecular weight excluding hydrogens is 1340 g/mol. The van der Waals surface area contributed by atoms with Crippen LogP contribution in [0.2, 0.25) is 0 Å². The van der Waals surface area contributed by atoms with Crippen LogP contribution in [0.1, 0.15) is 440 Å². The highest BCUT2D eigenvalue weighted by molar-refractivity contribution is 7.47. The second-order valence-corrected chi connectivity index (χ2v) is 34.6. The van der Waals surface area contributed by atoms with Crippen molar-refractivity contribution in [2.75, 3.05) is 39.6 Å². The largest absolute Gasteiger partial charge is 0.472 e. The zero-order chi connectivity index (χ0) is 75.8. The molecular formula is C84H164O17P2. The Balaban J connectivity index is 5.21. The maximum atomic E-state index is 13.1. The van der Waals surface area contributed by atoms with Gasteiger partial charge >= 0.3 is 39.5 Å². The Hall–Kier alpha value is -1.94. The van der Waals surface area contributed by atoms with E-state index in [0.717, 1.165) is 108 Å². The molecule has 3 N–H and O–H groups in total. The standard InChI is InChI=1S/C84H164O17P2/c1-8-9-10-11-12-13-14-15-16-17-18-19-20-21-22-29-34-39-44-53-60-67-83(88)100-79(71-94-81(86)65-58-51-43-38-33-28-24-23-26-31-36-41-48-55-62-75(2)3)73-98-102(90,91)96-69-78(85)70-97-103(92,93)99-74-80(72-95-82(87)66-59-52-47-46-50-57-64-77(6)7)101-84(89)68-61-54-45-40-35-30-25-27-32-37-42-49-56-63-76(4)5/h75-80,85H,8-74H2,1-7H3,(H,90,91)(H,92,93)/t78-,79-,80-/m1/s1. The number of carbonyl (C=O) groups is 4. The van der Waals surface area contributed by atoms with Crippen LogP contribution < -0.4 is 0 Å². The molecule has 19 heteroatoms. The van der Waals surface area contributed by atoms with Crippen LogP contribution in [-0.4, -0.2) is 96.7 Å². The van der Waals surface area contributed by atoms with Crippen LogP contribution >= 0.6 is 15.6 Å². The molecule has 0 bridgehead atoms. The van der Waals surface area contributed by atoms with E-state index in [1.54, 1.807) is 0 Å². The van der Waals surface area contributed by atoms with Gasteiger partial charge in [0, 0.05) is 25.7 Å². The summed E-state index contributed by atoms with van der Waals surface area (Å²) in [5.74, 6) is 0.155. The smallest absolute Gasteiger partial charge is 0.462 e. The molecule has 612 valence electrons. The highest BCUT2D eigenvalue weighted by atomic mass is 31.2. The lowest BCUT2D eigenvalue weighted by Crippen LogP contribution is -2.30. The highest BCUT2D eigenvalue weighted by Gasteiger charge is 2.30. The van der Waals surface area contributed by atoms with E-state index in [4.69, 9.17) is 37.0 Å². The minimum Gasteiger partial charge on any atom is -0.462 e. The predicted octanol–water partition coefficient (Wildman–Crippen LogP) is 25.3. The van der Waals surface area contributed by atoms with E-state index in [9.17, 15) is 43.2 Å². The number of ether oxygens (including phenoxy) is 4. The topological polar surface area (TPSA) is 237 Å². The van der Waals surface area contributed by atoms with E-state index in [2.05, 4.69) is 48.5 Å². The number of rotatable bonds is 82. The Labute approximate surface area is 632 Å². The summed E-state index contributed by atoms with van der Waals surface area (Å²) in [6, 6.07) is 0. The highest BCUT2D eigenvalue weighted by Crippen LogP contribution is 2.45. The van der Waals surface area contributed by atoms with Crippen molar-refractivity contribution in [2.24, 2.45) is 17.8 Å². The summed E-state index contributed by atoms with van der Waals surface area (Å²) < 4.78 is 68.8. The van der Waals surface area contributed by atoms with Crippen molar-refractivity contribution in [3.8, 4) is 0 Å². The van der Waals surface area contributed by atoms with Gasteiger partial charge in [0.05, 0.1) is 26.4 Å². The van der Waals surface area contributed by atoms with Crippen molar-refractivity contribution in [2.45, 2.75) is 458 Å². The van der Waals surface area contributed by atoms with Gasteiger partial charge in [-0.25, -0.2) is 9.13 Å². The zero-order valence-corrected chi connectivity index (χ0v) is 69.6. The molecule has 0 saturated heterocycles. The Kier molecular flexibility index (Phi) is 72.8. The minimum atomic E-state index is -4.96. The number of unbranched alkanes of at least 4 members (excludes halogenated alkanes) is 50. The van der Waals surface area contributed by atoms with Crippen molar-refractivity contribution in [3.63, 3.8) is 0 Å². The van der Waals surface area contributed by atoms with Crippen LogP contribution in [0, 0.1) is 17.8 Å². The summed E-state index contributed by atoms with van der Waals surface area (Å²) in [4.78, 5) is 73.1. The van der Waals surface area contributed by atoms with Gasteiger partial charge in [0.25, 0.3) is 0 Å². The van der Waals surface area contributed by atoms with E-state index in [-0.39, 0.29) is 25.7 Å². The number of aliphatic hydroxyl groups is 1. The fraction of sp³-hybridized carbons (Fsp3) is 0.952. The van der Waals surface area contributed by atoms with Crippen molar-refractivity contribution < 1.29 is 80.2 Å². The maximum Gasteiger partial charge on any atom is 0.472 e. The SMILES string of the molecule is CCCCCCCCCCCCCCCCCCCCCCCC(=O)O[C@H](COC(=O)CCCCCCCCCCCCCCCCC(C)C)COP(=O)(O)OC[C@@H](O)COP(=O)(O)OC[C@@H](COC(=O)CCCCCCCCC(C)C)OC(=O)CCCCCCCCCCCCCCCC(C)C. The van der Waals surface area contributed by atoms with Gasteiger partial charge in [0.15, 0.2) is 12.2 Å². The molecule has 0 radical (unpaired) electrons. The molecule has 0 aliphatic rings. The van der Waals surface area contributed by atoms with Crippen molar-refractivity contribution in [1.82, 2.24) is 0 Å². The van der Waals surface area contributed by atoms with Gasteiger partial charge in [0.1, 0.15) is 19.3 Å². The molecule has 0 rings (SSSR count). The van der Waals surface area contributed by atoms with Crippen LogP contribution in [0.3, 0.4) is 0 Å². The Morgan fingerprint density at radius 3 is 0.660 bits per heavy atom. The number of phosphoric acid groups is 2. The number of carbonyl (C=O) groups excluding carboxylic acids is 4. The van der Waals surface area contributed by atoms with Crippen LogP contribution in [0.15, 0.2) is 0 Å². The first kappa shape index (κ1) is 101. The lowest BCUT2D eigenvalue weighted by Gasteiger charge is -2.21. The van der Waals surface area contributed by atoms with Gasteiger partial charge in [-0.05, 0) is 43.4 Å². The van der Waals surface area contributed by atoms with Crippen LogP contribution in [0.5, 0.6) is 0 Å². The monoisotopic (exact) mass is 1510 g/mol. The summed E-state index contributed by atoms with van der Waals surface area (Å²) in [7, 11) is -9.92. The minimum absolute atomic E-state index is 0.106. The number of hydrogen-bond donors (Lipinski definition) is 3. The second kappa shape index (κ2) is 74.2. The predicted molar refractivity (Wildman–Crippen MR) is 423 cm³/mol. The van der Waals surface area contributed by atoms with Crippen molar-refractivity contribution in [1.29, 1.82) is 0 Å². The fourth-order valence-electron chi connectivity index (χ4n) is 13.0. The molecule has 0 spiro atoms. The molecule has 103 heavy (non-hydrogen) atoms. The number of hydrogen-bond acceptors (Lipinski definition) is 15. The fourth-order valence-corrected chi connectivity index (χ4v) is 14.6. The molecule has 0 fully saturated rings. The third kappa shape index (κ3) is 78.0. The van der Waals surface area contributed by atoms with Crippen LogP contribution in [0.25, 0.3) is 0 Å².